The predicted octanol–water partition coefficient (Wildman–Crippen LogP) is 2.60. The molecule has 0 aromatic heterocycles. The Morgan fingerprint density at radius 3 is 2.57 bits per heavy atom. The molecule has 2 atom stereocenters. The van der Waals surface area contributed by atoms with Crippen LogP contribution in [0.4, 0.5) is 13.2 Å². The Labute approximate surface area is 120 Å². The van der Waals surface area contributed by atoms with Crippen molar-refractivity contribution in [2.75, 3.05) is 6.54 Å². The van der Waals surface area contributed by atoms with Crippen molar-refractivity contribution in [2.24, 2.45) is 0 Å². The maximum Gasteiger partial charge on any atom is 0.492 e. The number of aliphatic hydroxyl groups is 1. The molecule has 1 aliphatic rings. The summed E-state index contributed by atoms with van der Waals surface area (Å²) in [6.45, 7) is 1.65. The van der Waals surface area contributed by atoms with Gasteiger partial charge in [0.25, 0.3) is 0 Å². The van der Waals surface area contributed by atoms with Crippen LogP contribution in [0.5, 0.6) is 0 Å². The summed E-state index contributed by atoms with van der Waals surface area (Å²) in [5.74, 6) is -2.25. The summed E-state index contributed by atoms with van der Waals surface area (Å²) in [4.78, 5) is 15.5. The van der Waals surface area contributed by atoms with Gasteiger partial charge in [-0.25, -0.2) is 4.79 Å². The number of alkyl halides is 3. The number of hydrogen-bond acceptors (Lipinski definition) is 4. The van der Waals surface area contributed by atoms with Crippen molar-refractivity contribution in [3.8, 4) is 0 Å². The Morgan fingerprint density at radius 1 is 1.38 bits per heavy atom. The molecule has 0 spiro atoms. The maximum absolute atomic E-state index is 12.3. The number of nitrogens with zero attached hydrogens (tertiary/aromatic N) is 1. The molecule has 116 valence electrons. The molecule has 1 fully saturated rings. The fraction of sp³-hybridized carbons (Fsp3) is 0.500. The third kappa shape index (κ3) is 3.95. The molecule has 0 bridgehead atoms. The fourth-order valence-electron chi connectivity index (χ4n) is 2.35. The number of halogens is 3. The van der Waals surface area contributed by atoms with Crippen molar-refractivity contribution in [3.05, 3.63) is 35.9 Å². The van der Waals surface area contributed by atoms with E-state index < -0.39 is 23.8 Å². The first-order chi connectivity index (χ1) is 9.69. The molecular formula is C14H16F3NO3. The van der Waals surface area contributed by atoms with Crippen LogP contribution in [0.3, 0.4) is 0 Å². The minimum absolute atomic E-state index is 0.0361. The van der Waals surface area contributed by atoms with E-state index in [1.807, 2.05) is 0 Å². The molecule has 1 N–H and O–H groups in total. The summed E-state index contributed by atoms with van der Waals surface area (Å²) >= 11 is 0. The smallest absolute Gasteiger partial charge is 0.390 e. The monoisotopic (exact) mass is 303 g/mol. The molecule has 0 radical (unpaired) electrons. The van der Waals surface area contributed by atoms with Crippen LogP contribution in [0, 0.1) is 0 Å². The first-order valence-corrected chi connectivity index (χ1v) is 6.52. The van der Waals surface area contributed by atoms with Gasteiger partial charge in [0.15, 0.2) is 0 Å². The highest BCUT2D eigenvalue weighted by molar-refractivity contribution is 5.75. The highest BCUT2D eigenvalue weighted by Gasteiger charge is 2.45. The van der Waals surface area contributed by atoms with Crippen LogP contribution in [-0.4, -0.2) is 34.5 Å². The van der Waals surface area contributed by atoms with Crippen LogP contribution < -0.4 is 0 Å². The second kappa shape index (κ2) is 5.65. The molecule has 0 unspecified atom stereocenters. The van der Waals surface area contributed by atoms with E-state index >= 15 is 0 Å². The molecule has 1 aliphatic heterocycles. The highest BCUT2D eigenvalue weighted by Crippen LogP contribution is 2.37. The lowest BCUT2D eigenvalue weighted by Crippen LogP contribution is -2.46. The van der Waals surface area contributed by atoms with Crippen LogP contribution in [-0.2, 0) is 9.63 Å². The van der Waals surface area contributed by atoms with E-state index in [4.69, 9.17) is 0 Å². The van der Waals surface area contributed by atoms with E-state index in [0.717, 1.165) is 5.06 Å². The minimum Gasteiger partial charge on any atom is -0.390 e. The van der Waals surface area contributed by atoms with E-state index in [9.17, 15) is 23.1 Å². The van der Waals surface area contributed by atoms with Crippen LogP contribution in [0.1, 0.15) is 31.4 Å². The Bertz CT molecular complexity index is 502. The van der Waals surface area contributed by atoms with E-state index in [2.05, 4.69) is 4.84 Å². The average molecular weight is 303 g/mol. The molecule has 0 amide bonds. The van der Waals surface area contributed by atoms with E-state index in [0.29, 0.717) is 5.56 Å². The zero-order valence-electron chi connectivity index (χ0n) is 11.4. The van der Waals surface area contributed by atoms with Gasteiger partial charge in [-0.05, 0) is 25.3 Å². The molecule has 2 rings (SSSR count). The van der Waals surface area contributed by atoms with Gasteiger partial charge in [0.05, 0.1) is 11.6 Å². The maximum atomic E-state index is 12.3. The summed E-state index contributed by atoms with van der Waals surface area (Å²) in [5.41, 5.74) is -0.325. The standard InChI is InChI=1S/C14H16F3NO3/c1-13(20)7-8-18(21-12(19)14(15,16)17)11(9-13)10-5-3-2-4-6-10/h2-6,11,20H,7-9H2,1H3/t11-,13+/m1/s1. The number of piperidine rings is 1. The van der Waals surface area contributed by atoms with Gasteiger partial charge < -0.3 is 9.94 Å². The third-order valence-electron chi connectivity index (χ3n) is 3.47. The number of carbonyl (C=O) groups excluding carboxylic acids is 1. The quantitative estimate of drug-likeness (QED) is 0.912. The van der Waals surface area contributed by atoms with Gasteiger partial charge in [0.1, 0.15) is 0 Å². The molecule has 1 heterocycles. The summed E-state index contributed by atoms with van der Waals surface area (Å²) in [6, 6.07) is 8.09. The molecule has 0 saturated carbocycles. The number of hydroxylamine groups is 2. The zero-order valence-corrected chi connectivity index (χ0v) is 11.4. The van der Waals surface area contributed by atoms with Gasteiger partial charge >= 0.3 is 12.1 Å². The first-order valence-electron chi connectivity index (χ1n) is 6.52. The van der Waals surface area contributed by atoms with Crippen molar-refractivity contribution in [1.29, 1.82) is 0 Å². The average Bonchev–Trinajstić information content (AvgIpc) is 2.40. The SMILES string of the molecule is C[C@]1(O)CCN(OC(=O)C(F)(F)F)[C@@H](c2ccccc2)C1. The molecule has 1 aromatic carbocycles. The van der Waals surface area contributed by atoms with E-state index in [1.54, 1.807) is 37.3 Å². The molecule has 1 saturated heterocycles. The lowest BCUT2D eigenvalue weighted by Gasteiger charge is -2.41. The van der Waals surface area contributed by atoms with E-state index in [1.165, 1.54) is 0 Å². The summed E-state index contributed by atoms with van der Waals surface area (Å²) in [7, 11) is 0. The van der Waals surface area contributed by atoms with Gasteiger partial charge in [0, 0.05) is 6.54 Å². The van der Waals surface area contributed by atoms with Crippen molar-refractivity contribution < 1.29 is 27.9 Å². The van der Waals surface area contributed by atoms with Gasteiger partial charge in [-0.15, -0.1) is 5.06 Å². The Kier molecular flexibility index (Phi) is 4.25. The third-order valence-corrected chi connectivity index (χ3v) is 3.47. The van der Waals surface area contributed by atoms with Crippen molar-refractivity contribution in [3.63, 3.8) is 0 Å². The lowest BCUT2D eigenvalue weighted by molar-refractivity contribution is -0.259. The normalized spacial score (nSPS) is 27.4. The second-order valence-corrected chi connectivity index (χ2v) is 5.39. The first kappa shape index (κ1) is 15.8. The summed E-state index contributed by atoms with van der Waals surface area (Å²) in [6.07, 6.45) is -4.63. The number of rotatable bonds is 2. The Morgan fingerprint density at radius 2 is 2.00 bits per heavy atom. The predicted molar refractivity (Wildman–Crippen MR) is 67.9 cm³/mol. The van der Waals surface area contributed by atoms with Gasteiger partial charge in [0.2, 0.25) is 0 Å². The molecule has 4 nitrogen and oxygen atoms in total. The summed E-state index contributed by atoms with van der Waals surface area (Å²) in [5, 5.41) is 11.1. The lowest BCUT2D eigenvalue weighted by atomic mass is 9.86. The van der Waals surface area contributed by atoms with Crippen LogP contribution in [0.15, 0.2) is 30.3 Å². The Balaban J connectivity index is 2.20. The number of carbonyl (C=O) groups is 1. The minimum atomic E-state index is -5.04. The van der Waals surface area contributed by atoms with Crippen LogP contribution in [0.25, 0.3) is 0 Å². The molecule has 1 aromatic rings. The van der Waals surface area contributed by atoms with E-state index in [-0.39, 0.29) is 19.4 Å². The second-order valence-electron chi connectivity index (χ2n) is 5.39. The molecular weight excluding hydrogens is 287 g/mol. The molecule has 7 heteroatoms. The number of benzene rings is 1. The largest absolute Gasteiger partial charge is 0.492 e. The van der Waals surface area contributed by atoms with Gasteiger partial charge in [-0.1, -0.05) is 30.3 Å². The molecule has 0 aliphatic carbocycles. The highest BCUT2D eigenvalue weighted by atomic mass is 19.4. The van der Waals surface area contributed by atoms with Crippen LogP contribution >= 0.6 is 0 Å². The Hall–Kier alpha value is -1.60. The molecule has 21 heavy (non-hydrogen) atoms. The number of hydrogen-bond donors (Lipinski definition) is 1. The summed E-state index contributed by atoms with van der Waals surface area (Å²) < 4.78 is 37.0. The van der Waals surface area contributed by atoms with Crippen molar-refractivity contribution in [2.45, 2.75) is 37.6 Å². The van der Waals surface area contributed by atoms with Gasteiger partial charge in [-0.3, -0.25) is 0 Å². The fourth-order valence-corrected chi connectivity index (χ4v) is 2.35. The van der Waals surface area contributed by atoms with Crippen LogP contribution in [0.2, 0.25) is 0 Å². The topological polar surface area (TPSA) is 49.8 Å². The zero-order chi connectivity index (χ0) is 15.7. The van der Waals surface area contributed by atoms with Crippen molar-refractivity contribution >= 4 is 5.97 Å². The van der Waals surface area contributed by atoms with Crippen molar-refractivity contribution in [1.82, 2.24) is 5.06 Å². The van der Waals surface area contributed by atoms with Gasteiger partial charge in [-0.2, -0.15) is 13.2 Å².